The molecular formula is C39H25N5. The van der Waals surface area contributed by atoms with Crippen LogP contribution in [0.15, 0.2) is 152 Å². The van der Waals surface area contributed by atoms with E-state index in [1.54, 1.807) is 6.20 Å². The zero-order chi connectivity index (χ0) is 29.7. The van der Waals surface area contributed by atoms with Crippen LogP contribution in [0.25, 0.3) is 67.7 Å². The minimum absolute atomic E-state index is 0.585. The standard InChI is InChI=1S/C39H25N5/c40-26-27-22-34(28-17-19-29(20-18-28)36-16-7-8-21-41-36)25-35(23-27)32-14-9-15-33(24-32)39-43-37(30-10-3-1-4-11-30)42-38(44-39)31-12-5-2-6-13-31/h1-25H. The van der Waals surface area contributed by atoms with E-state index < -0.39 is 0 Å². The van der Waals surface area contributed by atoms with Crippen LogP contribution in [0.4, 0.5) is 0 Å². The lowest BCUT2D eigenvalue weighted by Crippen LogP contribution is -2.00. The zero-order valence-corrected chi connectivity index (χ0v) is 23.7. The van der Waals surface area contributed by atoms with E-state index >= 15 is 0 Å². The Bertz CT molecular complexity index is 2040. The summed E-state index contributed by atoms with van der Waals surface area (Å²) in [6.45, 7) is 0. The van der Waals surface area contributed by atoms with E-state index in [0.717, 1.165) is 50.2 Å². The summed E-state index contributed by atoms with van der Waals surface area (Å²) in [6.07, 6.45) is 1.79. The van der Waals surface area contributed by atoms with Crippen LogP contribution >= 0.6 is 0 Å². The highest BCUT2D eigenvalue weighted by atomic mass is 15.0. The maximum absolute atomic E-state index is 9.90. The van der Waals surface area contributed by atoms with Gasteiger partial charge in [0, 0.05) is 28.5 Å². The van der Waals surface area contributed by atoms with Gasteiger partial charge < -0.3 is 0 Å². The van der Waals surface area contributed by atoms with Crippen molar-refractivity contribution in [2.24, 2.45) is 0 Å². The molecule has 0 aliphatic carbocycles. The lowest BCUT2D eigenvalue weighted by Gasteiger charge is -2.11. The van der Waals surface area contributed by atoms with Crippen LogP contribution < -0.4 is 0 Å². The Morgan fingerprint density at radius 2 is 0.886 bits per heavy atom. The van der Waals surface area contributed by atoms with Crippen LogP contribution in [0.1, 0.15) is 5.56 Å². The quantitative estimate of drug-likeness (QED) is 0.202. The molecular weight excluding hydrogens is 538 g/mol. The number of benzene rings is 5. The third-order valence-corrected chi connectivity index (χ3v) is 7.39. The summed E-state index contributed by atoms with van der Waals surface area (Å²) in [6, 6.07) is 50.5. The number of rotatable bonds is 6. The van der Waals surface area contributed by atoms with Crippen LogP contribution in [-0.2, 0) is 0 Å². The highest BCUT2D eigenvalue weighted by Gasteiger charge is 2.13. The highest BCUT2D eigenvalue weighted by molar-refractivity contribution is 5.79. The molecule has 2 heterocycles. The first kappa shape index (κ1) is 26.6. The Morgan fingerprint density at radius 3 is 1.48 bits per heavy atom. The van der Waals surface area contributed by atoms with E-state index in [-0.39, 0.29) is 0 Å². The zero-order valence-electron chi connectivity index (χ0n) is 23.7. The van der Waals surface area contributed by atoms with Crippen LogP contribution in [0.3, 0.4) is 0 Å². The minimum atomic E-state index is 0.585. The molecule has 5 heteroatoms. The summed E-state index contributed by atoms with van der Waals surface area (Å²) < 4.78 is 0. The number of hydrogen-bond donors (Lipinski definition) is 0. The van der Waals surface area contributed by atoms with Gasteiger partial charge in [-0.1, -0.05) is 109 Å². The highest BCUT2D eigenvalue weighted by Crippen LogP contribution is 2.32. The minimum Gasteiger partial charge on any atom is -0.256 e. The summed E-state index contributed by atoms with van der Waals surface area (Å²) in [5.74, 6) is 1.81. The smallest absolute Gasteiger partial charge is 0.164 e. The van der Waals surface area contributed by atoms with Crippen molar-refractivity contribution in [1.29, 1.82) is 5.26 Å². The maximum atomic E-state index is 9.90. The molecule has 0 spiro atoms. The molecule has 0 saturated heterocycles. The predicted octanol–water partition coefficient (Wildman–Crippen LogP) is 9.14. The molecule has 0 N–H and O–H groups in total. The normalized spacial score (nSPS) is 10.7. The van der Waals surface area contributed by atoms with Gasteiger partial charge in [-0.25, -0.2) is 15.0 Å². The van der Waals surface area contributed by atoms with E-state index in [0.29, 0.717) is 23.0 Å². The molecule has 0 aliphatic heterocycles. The molecule has 7 rings (SSSR count). The van der Waals surface area contributed by atoms with Gasteiger partial charge in [0.2, 0.25) is 0 Å². The Hall–Kier alpha value is -6.25. The largest absolute Gasteiger partial charge is 0.256 e. The van der Waals surface area contributed by atoms with Crippen LogP contribution in [-0.4, -0.2) is 19.9 Å². The molecule has 0 amide bonds. The molecule has 0 unspecified atom stereocenters. The first-order valence-electron chi connectivity index (χ1n) is 14.3. The van der Waals surface area contributed by atoms with E-state index in [2.05, 4.69) is 47.5 Å². The van der Waals surface area contributed by atoms with Crippen molar-refractivity contribution in [3.05, 3.63) is 157 Å². The van der Waals surface area contributed by atoms with Gasteiger partial charge in [0.25, 0.3) is 0 Å². The average Bonchev–Trinajstić information content (AvgIpc) is 3.12. The Balaban J connectivity index is 1.29. The molecule has 44 heavy (non-hydrogen) atoms. The lowest BCUT2D eigenvalue weighted by molar-refractivity contribution is 1.07. The van der Waals surface area contributed by atoms with Crippen molar-refractivity contribution in [3.63, 3.8) is 0 Å². The number of pyridine rings is 1. The Kier molecular flexibility index (Phi) is 7.22. The van der Waals surface area contributed by atoms with Gasteiger partial charge in [0.1, 0.15) is 0 Å². The average molecular weight is 564 g/mol. The van der Waals surface area contributed by atoms with Crippen molar-refractivity contribution in [3.8, 4) is 73.7 Å². The van der Waals surface area contributed by atoms with Gasteiger partial charge >= 0.3 is 0 Å². The summed E-state index contributed by atoms with van der Waals surface area (Å²) in [7, 11) is 0. The Morgan fingerprint density at radius 1 is 0.386 bits per heavy atom. The molecule has 5 aromatic carbocycles. The fourth-order valence-electron chi connectivity index (χ4n) is 5.17. The third kappa shape index (κ3) is 5.61. The SMILES string of the molecule is N#Cc1cc(-c2ccc(-c3ccccn3)cc2)cc(-c2cccc(-c3nc(-c4ccccc4)nc(-c4ccccc4)n3)c2)c1. The first-order chi connectivity index (χ1) is 21.7. The second kappa shape index (κ2) is 11.9. The number of aromatic nitrogens is 4. The molecule has 0 saturated carbocycles. The predicted molar refractivity (Wildman–Crippen MR) is 175 cm³/mol. The fraction of sp³-hybridized carbons (Fsp3) is 0. The molecule has 0 aliphatic rings. The molecule has 5 nitrogen and oxygen atoms in total. The summed E-state index contributed by atoms with van der Waals surface area (Å²) >= 11 is 0. The Labute approximate surface area is 255 Å². The topological polar surface area (TPSA) is 75.3 Å². The molecule has 0 bridgehead atoms. The lowest BCUT2D eigenvalue weighted by atomic mass is 9.95. The van der Waals surface area contributed by atoms with Crippen molar-refractivity contribution < 1.29 is 0 Å². The van der Waals surface area contributed by atoms with Gasteiger partial charge in [-0.15, -0.1) is 0 Å². The van der Waals surface area contributed by atoms with Crippen molar-refractivity contribution >= 4 is 0 Å². The van der Waals surface area contributed by atoms with Crippen LogP contribution in [0.2, 0.25) is 0 Å². The fourth-order valence-corrected chi connectivity index (χ4v) is 5.17. The molecule has 0 atom stereocenters. The molecule has 0 radical (unpaired) electrons. The first-order valence-corrected chi connectivity index (χ1v) is 14.3. The van der Waals surface area contributed by atoms with Gasteiger partial charge in [0.05, 0.1) is 17.3 Å². The van der Waals surface area contributed by atoms with Gasteiger partial charge in [-0.05, 0) is 58.7 Å². The van der Waals surface area contributed by atoms with Crippen molar-refractivity contribution in [1.82, 2.24) is 19.9 Å². The molecule has 7 aromatic rings. The third-order valence-electron chi connectivity index (χ3n) is 7.39. The van der Waals surface area contributed by atoms with Crippen molar-refractivity contribution in [2.45, 2.75) is 0 Å². The van der Waals surface area contributed by atoms with Crippen molar-refractivity contribution in [2.75, 3.05) is 0 Å². The summed E-state index contributed by atoms with van der Waals surface area (Å²) in [5.41, 5.74) is 9.16. The maximum Gasteiger partial charge on any atom is 0.164 e. The van der Waals surface area contributed by atoms with Crippen LogP contribution in [0, 0.1) is 11.3 Å². The monoisotopic (exact) mass is 563 g/mol. The van der Waals surface area contributed by atoms with Gasteiger partial charge in [-0.2, -0.15) is 5.26 Å². The molecule has 2 aromatic heterocycles. The van der Waals surface area contributed by atoms with Gasteiger partial charge in [0.15, 0.2) is 17.5 Å². The molecule has 206 valence electrons. The number of hydrogen-bond acceptors (Lipinski definition) is 5. The van der Waals surface area contributed by atoms with Crippen LogP contribution in [0.5, 0.6) is 0 Å². The van der Waals surface area contributed by atoms with E-state index in [1.807, 2.05) is 109 Å². The second-order valence-corrected chi connectivity index (χ2v) is 10.3. The number of nitrogens with zero attached hydrogens (tertiary/aromatic N) is 5. The van der Waals surface area contributed by atoms with Gasteiger partial charge in [-0.3, -0.25) is 4.98 Å². The number of nitriles is 1. The summed E-state index contributed by atoms with van der Waals surface area (Å²) in [5, 5.41) is 9.90. The van der Waals surface area contributed by atoms with E-state index in [4.69, 9.17) is 15.0 Å². The second-order valence-electron chi connectivity index (χ2n) is 10.3. The molecule has 0 fully saturated rings. The summed E-state index contributed by atoms with van der Waals surface area (Å²) in [4.78, 5) is 19.0. The van der Waals surface area contributed by atoms with E-state index in [9.17, 15) is 5.26 Å². The van der Waals surface area contributed by atoms with E-state index in [1.165, 1.54) is 0 Å².